The van der Waals surface area contributed by atoms with Crippen molar-refractivity contribution in [2.45, 2.75) is 0 Å². The summed E-state index contributed by atoms with van der Waals surface area (Å²) in [5.74, 6) is 20.5. The van der Waals surface area contributed by atoms with E-state index < -0.39 is 0 Å². The van der Waals surface area contributed by atoms with Crippen LogP contribution in [0.2, 0.25) is 5.02 Å². The Morgan fingerprint density at radius 3 is 1.12 bits per heavy atom. The van der Waals surface area contributed by atoms with E-state index in [1.807, 2.05) is 146 Å². The number of hydrogen-bond donors (Lipinski definition) is 0. The van der Waals surface area contributed by atoms with Crippen molar-refractivity contribution < 1.29 is 9.13 Å². The van der Waals surface area contributed by atoms with Gasteiger partial charge in [0.05, 0.1) is 7.11 Å². The van der Waals surface area contributed by atoms with Gasteiger partial charge in [0.15, 0.2) is 0 Å². The molecule has 0 unspecified atom stereocenters. The van der Waals surface area contributed by atoms with Gasteiger partial charge in [-0.2, -0.15) is 0 Å². The van der Waals surface area contributed by atoms with Crippen LogP contribution in [0, 0.1) is 105 Å². The number of ether oxygens (including phenoxy) is 1. The first kappa shape index (κ1) is 57.6. The molecule has 0 aliphatic heterocycles. The standard InChI is InChI=1S/C9H8O.C8H5Br.C8H5Cl.C8H5F.2C8H6.2C7H5N/c1-3-8-4-6-9(10-2)7-5-8;3*1-2-7-3-5-8(9)6-4-7;2*1-2-8-6-4-3-5-7-8;1-2-7-4-3-5-8-6-7;1-2-7-5-3-4-6-8-7/h1,4-7H,2H3;3*1,3-6H;2*1,3-7H;2*1,3-6H. The van der Waals surface area contributed by atoms with E-state index in [1.165, 1.54) is 12.1 Å². The second-order valence-corrected chi connectivity index (χ2v) is 13.9. The summed E-state index contributed by atoms with van der Waals surface area (Å²) in [6.07, 6.45) is 45.7. The number of pyridine rings is 2. The molecule has 2 heterocycles. The van der Waals surface area contributed by atoms with Crippen molar-refractivity contribution in [3.63, 3.8) is 0 Å². The lowest BCUT2D eigenvalue weighted by atomic mass is 10.2. The Balaban J connectivity index is 0.000000395. The molecule has 0 saturated carbocycles. The fourth-order valence-electron chi connectivity index (χ4n) is 4.29. The molecule has 0 N–H and O–H groups in total. The van der Waals surface area contributed by atoms with Crippen molar-refractivity contribution in [3.05, 3.63) is 267 Å². The number of benzene rings is 6. The van der Waals surface area contributed by atoms with Crippen LogP contribution >= 0.6 is 27.5 Å². The van der Waals surface area contributed by atoms with Gasteiger partial charge in [0, 0.05) is 67.0 Å². The Labute approximate surface area is 422 Å². The molecule has 0 saturated heterocycles. The van der Waals surface area contributed by atoms with Crippen LogP contribution < -0.4 is 4.74 Å². The molecule has 0 aliphatic rings. The Bertz CT molecular complexity index is 2650. The van der Waals surface area contributed by atoms with Crippen molar-refractivity contribution in [3.8, 4) is 104 Å². The van der Waals surface area contributed by atoms with E-state index in [0.717, 1.165) is 43.6 Å². The van der Waals surface area contributed by atoms with Crippen LogP contribution in [0.3, 0.4) is 0 Å². The molecule has 8 aromatic rings. The topological polar surface area (TPSA) is 35.0 Å². The highest BCUT2D eigenvalue weighted by molar-refractivity contribution is 9.10. The highest BCUT2D eigenvalue weighted by atomic mass is 79.9. The van der Waals surface area contributed by atoms with Crippen LogP contribution in [0.25, 0.3) is 0 Å². The summed E-state index contributed by atoms with van der Waals surface area (Å²) >= 11 is 8.91. The van der Waals surface area contributed by atoms with Crippen LogP contribution in [0.15, 0.2) is 211 Å². The zero-order valence-corrected chi connectivity index (χ0v) is 40.0. The zero-order chi connectivity index (χ0) is 50.7. The normalized spacial score (nSPS) is 8.17. The fourth-order valence-corrected chi connectivity index (χ4v) is 4.68. The molecule has 0 atom stereocenters. The molecular weight excluding hydrogens is 935 g/mol. The number of hydrogen-bond acceptors (Lipinski definition) is 3. The van der Waals surface area contributed by atoms with Gasteiger partial charge in [0.25, 0.3) is 0 Å². The molecule has 3 nitrogen and oxygen atoms in total. The Morgan fingerprint density at radius 2 is 0.797 bits per heavy atom. The number of aromatic nitrogens is 2. The molecule has 0 radical (unpaired) electrons. The zero-order valence-electron chi connectivity index (χ0n) is 37.7. The quantitative estimate of drug-likeness (QED) is 0.154. The molecule has 0 spiro atoms. The monoisotopic (exact) mass is 978 g/mol. The lowest BCUT2D eigenvalue weighted by Crippen LogP contribution is -1.81. The minimum Gasteiger partial charge on any atom is -0.497 e. The molecule has 6 heteroatoms. The molecule has 0 fully saturated rings. The molecule has 0 bridgehead atoms. The maximum absolute atomic E-state index is 12.2. The molecule has 334 valence electrons. The third-order valence-corrected chi connectivity index (χ3v) is 8.59. The van der Waals surface area contributed by atoms with E-state index in [1.54, 1.807) is 56.0 Å². The molecule has 0 aliphatic carbocycles. The van der Waals surface area contributed by atoms with Gasteiger partial charge >= 0.3 is 0 Å². The molecular formula is C63H45BrClFN2O. The maximum atomic E-state index is 12.2. The van der Waals surface area contributed by atoms with Crippen molar-refractivity contribution in [1.82, 2.24) is 9.97 Å². The predicted molar refractivity (Wildman–Crippen MR) is 290 cm³/mol. The van der Waals surface area contributed by atoms with E-state index in [2.05, 4.69) is 73.3 Å². The Hall–Kier alpha value is -9.40. The van der Waals surface area contributed by atoms with Gasteiger partial charge in [-0.1, -0.05) is 117 Å². The van der Waals surface area contributed by atoms with Gasteiger partial charge in [-0.25, -0.2) is 9.37 Å². The van der Waals surface area contributed by atoms with Crippen LogP contribution in [-0.2, 0) is 0 Å². The highest BCUT2D eigenvalue weighted by Crippen LogP contribution is 2.11. The van der Waals surface area contributed by atoms with Crippen molar-refractivity contribution in [2.75, 3.05) is 7.11 Å². The van der Waals surface area contributed by atoms with E-state index in [0.29, 0.717) is 16.3 Å². The Kier molecular flexibility index (Phi) is 31.7. The van der Waals surface area contributed by atoms with Gasteiger partial charge in [-0.15, -0.1) is 51.4 Å². The average Bonchev–Trinajstić information content (AvgIpc) is 3.43. The Morgan fingerprint density at radius 1 is 0.420 bits per heavy atom. The summed E-state index contributed by atoms with van der Waals surface area (Å²) in [6.45, 7) is 0. The molecule has 2 aromatic heterocycles. The van der Waals surface area contributed by atoms with Crippen molar-refractivity contribution in [2.24, 2.45) is 0 Å². The number of nitrogens with zero attached hydrogens (tertiary/aromatic N) is 2. The SMILES string of the molecule is C#Cc1ccc(Br)cc1.C#Cc1ccc(Cl)cc1.C#Cc1ccc(F)cc1.C#Cc1ccc(OC)cc1.C#Cc1ccccc1.C#Cc1ccccc1.C#Cc1ccccn1.C#Cc1cccnc1. The molecule has 0 amide bonds. The largest absolute Gasteiger partial charge is 0.497 e. The van der Waals surface area contributed by atoms with Gasteiger partial charge in [0.1, 0.15) is 17.3 Å². The first-order chi connectivity index (χ1) is 33.6. The van der Waals surface area contributed by atoms with Gasteiger partial charge in [0.2, 0.25) is 0 Å². The van der Waals surface area contributed by atoms with Crippen LogP contribution in [0.1, 0.15) is 44.6 Å². The van der Waals surface area contributed by atoms with E-state index in [-0.39, 0.29) is 5.82 Å². The highest BCUT2D eigenvalue weighted by Gasteiger charge is 1.89. The van der Waals surface area contributed by atoms with Gasteiger partial charge in [-0.05, 0) is 146 Å². The number of halogens is 3. The summed E-state index contributed by atoms with van der Waals surface area (Å²) in [7, 11) is 1.63. The summed E-state index contributed by atoms with van der Waals surface area (Å²) in [4.78, 5) is 7.67. The van der Waals surface area contributed by atoms with E-state index in [4.69, 9.17) is 67.7 Å². The summed E-state index contributed by atoms with van der Waals surface area (Å²) < 4.78 is 18.2. The second-order valence-electron chi connectivity index (χ2n) is 12.6. The maximum Gasteiger partial charge on any atom is 0.123 e. The predicted octanol–water partition coefficient (Wildman–Crippen LogP) is 13.7. The van der Waals surface area contributed by atoms with Crippen LogP contribution in [0.4, 0.5) is 4.39 Å². The fraction of sp³-hybridized carbons (Fsp3) is 0.0159. The van der Waals surface area contributed by atoms with E-state index in [9.17, 15) is 4.39 Å². The third kappa shape index (κ3) is 28.9. The van der Waals surface area contributed by atoms with Crippen LogP contribution in [0.5, 0.6) is 5.75 Å². The number of terminal acetylenes is 8. The smallest absolute Gasteiger partial charge is 0.123 e. The summed E-state index contributed by atoms with van der Waals surface area (Å²) in [5.41, 5.74) is 6.75. The lowest BCUT2D eigenvalue weighted by molar-refractivity contribution is 0.415. The van der Waals surface area contributed by atoms with Crippen molar-refractivity contribution >= 4 is 27.5 Å². The summed E-state index contributed by atoms with van der Waals surface area (Å²) in [5, 5.41) is 0.717. The van der Waals surface area contributed by atoms with Gasteiger partial charge in [-0.3, -0.25) is 4.98 Å². The third-order valence-electron chi connectivity index (χ3n) is 7.81. The second kappa shape index (κ2) is 37.9. The molecule has 69 heavy (non-hydrogen) atoms. The van der Waals surface area contributed by atoms with Gasteiger partial charge < -0.3 is 4.74 Å². The average molecular weight is 980 g/mol. The minimum absolute atomic E-state index is 0.256. The molecule has 6 aromatic carbocycles. The van der Waals surface area contributed by atoms with E-state index >= 15 is 0 Å². The number of rotatable bonds is 1. The lowest BCUT2D eigenvalue weighted by Gasteiger charge is -1.96. The minimum atomic E-state index is -0.256. The van der Waals surface area contributed by atoms with Crippen molar-refractivity contribution in [1.29, 1.82) is 0 Å². The molecule has 8 rings (SSSR count). The van der Waals surface area contributed by atoms with Crippen LogP contribution in [-0.4, -0.2) is 17.1 Å². The number of methoxy groups -OCH3 is 1. The first-order valence-corrected chi connectivity index (χ1v) is 21.3. The summed E-state index contributed by atoms with van der Waals surface area (Å²) in [6, 6.07) is 56.3. The first-order valence-electron chi connectivity index (χ1n) is 20.1.